The van der Waals surface area contributed by atoms with Crippen molar-refractivity contribution in [1.29, 1.82) is 0 Å². The van der Waals surface area contributed by atoms with E-state index < -0.39 is 5.79 Å². The van der Waals surface area contributed by atoms with Crippen molar-refractivity contribution in [2.75, 3.05) is 0 Å². The van der Waals surface area contributed by atoms with Gasteiger partial charge in [0, 0.05) is 11.8 Å². The van der Waals surface area contributed by atoms with E-state index >= 15 is 0 Å². The molecule has 1 spiro atoms. The van der Waals surface area contributed by atoms with Gasteiger partial charge in [-0.1, -0.05) is 12.5 Å². The lowest BCUT2D eigenvalue weighted by Gasteiger charge is -2.50. The topological polar surface area (TPSA) is 36.3 Å². The van der Waals surface area contributed by atoms with Gasteiger partial charge in [0.1, 0.15) is 5.82 Å². The Morgan fingerprint density at radius 2 is 1.85 bits per heavy atom. The average molecular weight is 368 g/mol. The van der Waals surface area contributed by atoms with E-state index in [4.69, 9.17) is 9.47 Å². The first-order valence-electron chi connectivity index (χ1n) is 9.80. The summed E-state index contributed by atoms with van der Waals surface area (Å²) in [6.45, 7) is 6.56. The number of hydrogen-bond acceptors (Lipinski definition) is 3. The molecule has 0 N–H and O–H groups in total. The highest BCUT2D eigenvalue weighted by molar-refractivity contribution is 5.62. The number of ether oxygens (including phenoxy) is 2. The fraction of sp³-hybridized carbons (Fsp3) is 0.500. The Balaban J connectivity index is 1.56. The lowest BCUT2D eigenvalue weighted by Crippen LogP contribution is -2.55. The van der Waals surface area contributed by atoms with Gasteiger partial charge in [-0.15, -0.1) is 0 Å². The molecule has 5 rings (SSSR count). The molecule has 5 heteroatoms. The molecule has 1 saturated carbocycles. The van der Waals surface area contributed by atoms with E-state index in [0.717, 1.165) is 37.1 Å². The van der Waals surface area contributed by atoms with Gasteiger partial charge >= 0.3 is 0 Å². The van der Waals surface area contributed by atoms with Gasteiger partial charge in [0.05, 0.1) is 29.8 Å². The molecule has 4 atom stereocenters. The number of aromatic nitrogens is 2. The maximum atomic E-state index is 13.3. The van der Waals surface area contributed by atoms with Crippen molar-refractivity contribution < 1.29 is 13.9 Å². The van der Waals surface area contributed by atoms with Gasteiger partial charge in [0.25, 0.3) is 0 Å². The molecule has 27 heavy (non-hydrogen) atoms. The van der Waals surface area contributed by atoms with Crippen LogP contribution in [0.3, 0.4) is 0 Å². The van der Waals surface area contributed by atoms with E-state index in [1.165, 1.54) is 23.3 Å². The summed E-state index contributed by atoms with van der Waals surface area (Å²) in [6.07, 6.45) is 8.21. The molecule has 2 fully saturated rings. The Hall–Kier alpha value is -1.98. The van der Waals surface area contributed by atoms with Crippen molar-refractivity contribution in [2.45, 2.75) is 64.4 Å². The molecular weight excluding hydrogens is 343 g/mol. The third-order valence-electron chi connectivity index (χ3n) is 6.53. The highest BCUT2D eigenvalue weighted by Gasteiger charge is 2.60. The summed E-state index contributed by atoms with van der Waals surface area (Å²) in [5, 5.41) is 4.59. The van der Waals surface area contributed by atoms with Crippen LogP contribution in [-0.4, -0.2) is 27.8 Å². The summed E-state index contributed by atoms with van der Waals surface area (Å²) in [5.74, 6) is -0.788. The van der Waals surface area contributed by atoms with Crippen molar-refractivity contribution in [3.63, 3.8) is 0 Å². The Kier molecular flexibility index (Phi) is 3.66. The Morgan fingerprint density at radius 3 is 2.56 bits per heavy atom. The number of hydrogen-bond donors (Lipinski definition) is 0. The summed E-state index contributed by atoms with van der Waals surface area (Å²) in [7, 11) is 0. The van der Waals surface area contributed by atoms with Crippen LogP contribution in [-0.2, 0) is 15.9 Å². The second-order valence-corrected chi connectivity index (χ2v) is 8.47. The molecule has 0 radical (unpaired) electrons. The lowest BCUT2D eigenvalue weighted by molar-refractivity contribution is -0.343. The maximum absolute atomic E-state index is 13.3. The molecule has 0 bridgehead atoms. The highest BCUT2D eigenvalue weighted by Crippen LogP contribution is 2.59. The van der Waals surface area contributed by atoms with E-state index in [9.17, 15) is 4.39 Å². The van der Waals surface area contributed by atoms with E-state index in [0.29, 0.717) is 0 Å². The molecule has 1 aromatic heterocycles. The summed E-state index contributed by atoms with van der Waals surface area (Å²) in [4.78, 5) is 0. The fourth-order valence-electron chi connectivity index (χ4n) is 5.21. The Labute approximate surface area is 159 Å². The van der Waals surface area contributed by atoms with E-state index in [-0.39, 0.29) is 23.4 Å². The molecular formula is C22H25FN2O2. The fourth-order valence-corrected chi connectivity index (χ4v) is 5.21. The molecule has 0 amide bonds. The number of halogens is 1. The maximum Gasteiger partial charge on any atom is 0.178 e. The van der Waals surface area contributed by atoms with Crippen LogP contribution in [0.25, 0.3) is 11.8 Å². The van der Waals surface area contributed by atoms with Crippen LogP contribution in [0.4, 0.5) is 4.39 Å². The minimum atomic E-state index is -0.550. The summed E-state index contributed by atoms with van der Waals surface area (Å²) in [6, 6.07) is 6.48. The summed E-state index contributed by atoms with van der Waals surface area (Å²) >= 11 is 0. The zero-order chi connectivity index (χ0) is 18.8. The molecule has 1 aromatic carbocycles. The van der Waals surface area contributed by atoms with E-state index in [2.05, 4.69) is 31.9 Å². The van der Waals surface area contributed by atoms with Crippen molar-refractivity contribution >= 4 is 6.08 Å². The smallest absolute Gasteiger partial charge is 0.178 e. The van der Waals surface area contributed by atoms with Crippen LogP contribution < -0.4 is 0 Å². The zero-order valence-electron chi connectivity index (χ0n) is 16.0. The first-order valence-corrected chi connectivity index (χ1v) is 9.80. The van der Waals surface area contributed by atoms with Crippen LogP contribution >= 0.6 is 0 Å². The lowest BCUT2D eigenvalue weighted by atomic mass is 9.71. The van der Waals surface area contributed by atoms with Gasteiger partial charge in [0.2, 0.25) is 0 Å². The first kappa shape index (κ1) is 17.1. The molecule has 3 aliphatic rings. The van der Waals surface area contributed by atoms with Gasteiger partial charge < -0.3 is 9.47 Å². The normalized spacial score (nSPS) is 35.0. The summed E-state index contributed by atoms with van der Waals surface area (Å²) < 4.78 is 28.1. The molecule has 142 valence electrons. The van der Waals surface area contributed by atoms with Crippen LogP contribution in [0.2, 0.25) is 0 Å². The molecule has 2 heterocycles. The van der Waals surface area contributed by atoms with Crippen molar-refractivity contribution in [3.05, 3.63) is 53.1 Å². The minimum Gasteiger partial charge on any atom is -0.346 e. The summed E-state index contributed by atoms with van der Waals surface area (Å²) in [5.41, 5.74) is 4.32. The Morgan fingerprint density at radius 1 is 1.15 bits per heavy atom. The van der Waals surface area contributed by atoms with Gasteiger partial charge in [-0.25, -0.2) is 9.07 Å². The van der Waals surface area contributed by atoms with Crippen molar-refractivity contribution in [2.24, 2.45) is 5.41 Å². The van der Waals surface area contributed by atoms with Crippen LogP contribution in [0.5, 0.6) is 0 Å². The highest BCUT2D eigenvalue weighted by atomic mass is 19.1. The second kappa shape index (κ2) is 5.76. The molecule has 1 saturated heterocycles. The third-order valence-corrected chi connectivity index (χ3v) is 6.53. The third kappa shape index (κ3) is 2.44. The minimum absolute atomic E-state index is 0.181. The molecule has 3 unspecified atom stereocenters. The predicted molar refractivity (Wildman–Crippen MR) is 101 cm³/mol. The molecule has 2 aliphatic carbocycles. The molecule has 2 aromatic rings. The number of fused-ring (bicyclic) bond motifs is 3. The van der Waals surface area contributed by atoms with Crippen molar-refractivity contribution in [3.8, 4) is 5.69 Å². The van der Waals surface area contributed by atoms with Gasteiger partial charge in [-0.05, 0) is 69.0 Å². The number of benzene rings is 1. The Bertz CT molecular complexity index is 907. The zero-order valence-corrected chi connectivity index (χ0v) is 16.0. The quantitative estimate of drug-likeness (QED) is 0.734. The predicted octanol–water partition coefficient (Wildman–Crippen LogP) is 4.66. The van der Waals surface area contributed by atoms with Gasteiger partial charge in [-0.3, -0.25) is 0 Å². The van der Waals surface area contributed by atoms with Gasteiger partial charge in [0.15, 0.2) is 5.79 Å². The number of nitrogens with zero attached hydrogens (tertiary/aromatic N) is 2. The second-order valence-electron chi connectivity index (χ2n) is 8.47. The van der Waals surface area contributed by atoms with E-state index in [1.807, 2.05) is 10.9 Å². The average Bonchev–Trinajstić information content (AvgIpc) is 3.12. The standard InChI is InChI=1S/C22H25FN2O2/c1-14-10-15(2)27-22(26-14)9-8-17-11-20-16(12-21(17,22)3)13-24-25(20)19-6-4-18(23)5-7-19/h4-7,11,13-15H,8-10,12H2,1-3H3/t14-,15?,21?,22?/m0/s1. The first-order chi connectivity index (χ1) is 12.9. The van der Waals surface area contributed by atoms with Gasteiger partial charge in [-0.2, -0.15) is 5.10 Å². The molecule has 1 aliphatic heterocycles. The van der Waals surface area contributed by atoms with Crippen molar-refractivity contribution in [1.82, 2.24) is 9.78 Å². The molecule has 4 nitrogen and oxygen atoms in total. The van der Waals surface area contributed by atoms with Crippen LogP contribution in [0, 0.1) is 11.2 Å². The SMILES string of the molecule is CC1C[C@H](C)OC2(CCC3=Cc4c(cnn4-c4ccc(F)cc4)CC32C)O1. The number of rotatable bonds is 1. The van der Waals surface area contributed by atoms with Crippen LogP contribution in [0.15, 0.2) is 36.0 Å². The largest absolute Gasteiger partial charge is 0.346 e. The van der Waals surface area contributed by atoms with Crippen LogP contribution in [0.1, 0.15) is 51.3 Å². The van der Waals surface area contributed by atoms with E-state index in [1.54, 1.807) is 12.1 Å². The monoisotopic (exact) mass is 368 g/mol.